The lowest BCUT2D eigenvalue weighted by atomic mass is 10.1. The minimum absolute atomic E-state index is 0.192. The van der Waals surface area contributed by atoms with Crippen LogP contribution in [-0.2, 0) is 16.0 Å². The third kappa shape index (κ3) is 3.33. The molecule has 0 spiro atoms. The molecule has 0 radical (unpaired) electrons. The Balaban J connectivity index is 2.06. The van der Waals surface area contributed by atoms with Gasteiger partial charge < -0.3 is 15.7 Å². The van der Waals surface area contributed by atoms with Crippen LogP contribution in [-0.4, -0.2) is 40.5 Å². The zero-order chi connectivity index (χ0) is 14.0. The topological polar surface area (TPSA) is 83.6 Å². The fourth-order valence-corrected chi connectivity index (χ4v) is 2.52. The van der Waals surface area contributed by atoms with Crippen molar-refractivity contribution in [1.82, 2.24) is 4.90 Å². The second-order valence-corrected chi connectivity index (χ2v) is 5.61. The van der Waals surface area contributed by atoms with E-state index in [9.17, 15) is 9.59 Å². The first kappa shape index (κ1) is 14.0. The summed E-state index contributed by atoms with van der Waals surface area (Å²) in [6.45, 7) is 0.312. The number of benzene rings is 1. The SMILES string of the molecule is NC1CC(C(=O)O)N(C(=O)Cc2ccc(Br)cc2)C1. The maximum absolute atomic E-state index is 12.2. The van der Waals surface area contributed by atoms with Gasteiger partial charge in [0.1, 0.15) is 6.04 Å². The summed E-state index contributed by atoms with van der Waals surface area (Å²) in [4.78, 5) is 24.6. The summed E-state index contributed by atoms with van der Waals surface area (Å²) in [7, 11) is 0. The summed E-state index contributed by atoms with van der Waals surface area (Å²) in [5, 5.41) is 9.10. The molecule has 0 aromatic heterocycles. The summed E-state index contributed by atoms with van der Waals surface area (Å²) in [5.74, 6) is -1.18. The van der Waals surface area contributed by atoms with Crippen molar-refractivity contribution in [2.45, 2.75) is 24.9 Å². The Morgan fingerprint density at radius 3 is 2.58 bits per heavy atom. The van der Waals surface area contributed by atoms with Crippen LogP contribution in [0.2, 0.25) is 0 Å². The predicted molar refractivity (Wildman–Crippen MR) is 73.6 cm³/mol. The van der Waals surface area contributed by atoms with Crippen LogP contribution < -0.4 is 5.73 Å². The van der Waals surface area contributed by atoms with Gasteiger partial charge >= 0.3 is 5.97 Å². The number of rotatable bonds is 3. The molecule has 19 heavy (non-hydrogen) atoms. The molecule has 102 valence electrons. The number of amides is 1. The van der Waals surface area contributed by atoms with Gasteiger partial charge in [-0.1, -0.05) is 28.1 Å². The summed E-state index contributed by atoms with van der Waals surface area (Å²) < 4.78 is 0.940. The Morgan fingerprint density at radius 1 is 1.37 bits per heavy atom. The van der Waals surface area contributed by atoms with Crippen molar-refractivity contribution in [3.05, 3.63) is 34.3 Å². The molecule has 1 aromatic rings. The van der Waals surface area contributed by atoms with Crippen LogP contribution in [0.4, 0.5) is 0 Å². The molecule has 1 saturated heterocycles. The molecule has 0 bridgehead atoms. The van der Waals surface area contributed by atoms with E-state index in [1.54, 1.807) is 0 Å². The van der Waals surface area contributed by atoms with Crippen molar-refractivity contribution in [1.29, 1.82) is 0 Å². The number of nitrogens with two attached hydrogens (primary N) is 1. The van der Waals surface area contributed by atoms with Gasteiger partial charge in [-0.15, -0.1) is 0 Å². The minimum atomic E-state index is -0.989. The molecule has 6 heteroatoms. The molecule has 0 saturated carbocycles. The van der Waals surface area contributed by atoms with Crippen molar-refractivity contribution in [2.75, 3.05) is 6.54 Å². The highest BCUT2D eigenvalue weighted by Crippen LogP contribution is 2.19. The van der Waals surface area contributed by atoms with Crippen LogP contribution in [0.5, 0.6) is 0 Å². The van der Waals surface area contributed by atoms with Crippen LogP contribution >= 0.6 is 15.9 Å². The smallest absolute Gasteiger partial charge is 0.326 e. The number of carbonyl (C=O) groups excluding carboxylic acids is 1. The second kappa shape index (κ2) is 5.71. The average Bonchev–Trinajstić information content (AvgIpc) is 2.74. The number of carboxylic acids is 1. The normalized spacial score (nSPS) is 22.5. The van der Waals surface area contributed by atoms with Gasteiger partial charge in [0.25, 0.3) is 0 Å². The molecule has 3 N–H and O–H groups in total. The molecule has 0 aliphatic carbocycles. The molecule has 2 unspecified atom stereocenters. The summed E-state index contributed by atoms with van der Waals surface area (Å²) in [6, 6.07) is 6.34. The van der Waals surface area contributed by atoms with Gasteiger partial charge in [-0.25, -0.2) is 4.79 Å². The number of carbonyl (C=O) groups is 2. The Hall–Kier alpha value is -1.40. The zero-order valence-electron chi connectivity index (χ0n) is 10.3. The minimum Gasteiger partial charge on any atom is -0.480 e. The van der Waals surface area contributed by atoms with E-state index in [4.69, 9.17) is 10.8 Å². The molecule has 1 fully saturated rings. The summed E-state index contributed by atoms with van der Waals surface area (Å²) in [5.41, 5.74) is 6.60. The lowest BCUT2D eigenvalue weighted by Gasteiger charge is -2.21. The molecule has 1 heterocycles. The van der Waals surface area contributed by atoms with E-state index in [0.29, 0.717) is 13.0 Å². The molecule has 5 nitrogen and oxygen atoms in total. The maximum atomic E-state index is 12.2. The van der Waals surface area contributed by atoms with E-state index in [0.717, 1.165) is 10.0 Å². The molecule has 1 aliphatic rings. The van der Waals surface area contributed by atoms with Crippen LogP contribution in [0, 0.1) is 0 Å². The lowest BCUT2D eigenvalue weighted by molar-refractivity contribution is -0.148. The first-order valence-corrected chi connectivity index (χ1v) is 6.79. The van der Waals surface area contributed by atoms with Crippen molar-refractivity contribution < 1.29 is 14.7 Å². The van der Waals surface area contributed by atoms with E-state index in [1.807, 2.05) is 24.3 Å². The van der Waals surface area contributed by atoms with Crippen LogP contribution in [0.25, 0.3) is 0 Å². The number of carboxylic acid groups (broad SMARTS) is 1. The van der Waals surface area contributed by atoms with Gasteiger partial charge in [-0.05, 0) is 24.1 Å². The lowest BCUT2D eigenvalue weighted by Crippen LogP contribution is -2.41. The number of hydrogen-bond acceptors (Lipinski definition) is 3. The molecule has 2 atom stereocenters. The highest BCUT2D eigenvalue weighted by molar-refractivity contribution is 9.10. The molecule has 1 aliphatic heterocycles. The molecule has 1 amide bonds. The van der Waals surface area contributed by atoms with Gasteiger partial charge in [0.15, 0.2) is 0 Å². The highest BCUT2D eigenvalue weighted by atomic mass is 79.9. The van der Waals surface area contributed by atoms with Crippen molar-refractivity contribution in [2.24, 2.45) is 5.73 Å². The fourth-order valence-electron chi connectivity index (χ4n) is 2.26. The Kier molecular flexibility index (Phi) is 4.21. The van der Waals surface area contributed by atoms with E-state index < -0.39 is 12.0 Å². The Morgan fingerprint density at radius 2 is 2.00 bits per heavy atom. The number of nitrogens with zero attached hydrogens (tertiary/aromatic N) is 1. The molecular formula is C13H15BrN2O3. The third-order valence-corrected chi connectivity index (χ3v) is 3.74. The molecule has 2 rings (SSSR count). The van der Waals surface area contributed by atoms with E-state index in [1.165, 1.54) is 4.90 Å². The third-order valence-electron chi connectivity index (χ3n) is 3.21. The van der Waals surface area contributed by atoms with Crippen LogP contribution in [0.3, 0.4) is 0 Å². The van der Waals surface area contributed by atoms with Gasteiger partial charge in [-0.2, -0.15) is 0 Å². The number of aliphatic carboxylic acids is 1. The largest absolute Gasteiger partial charge is 0.480 e. The maximum Gasteiger partial charge on any atom is 0.326 e. The molecule has 1 aromatic carbocycles. The van der Waals surface area contributed by atoms with E-state index >= 15 is 0 Å². The summed E-state index contributed by atoms with van der Waals surface area (Å²) in [6.07, 6.45) is 0.519. The van der Waals surface area contributed by atoms with Gasteiger partial charge in [0.2, 0.25) is 5.91 Å². The molecular weight excluding hydrogens is 312 g/mol. The van der Waals surface area contributed by atoms with Gasteiger partial charge in [0, 0.05) is 17.1 Å². The van der Waals surface area contributed by atoms with Crippen molar-refractivity contribution in [3.63, 3.8) is 0 Å². The van der Waals surface area contributed by atoms with Crippen LogP contribution in [0.1, 0.15) is 12.0 Å². The number of hydrogen-bond donors (Lipinski definition) is 2. The second-order valence-electron chi connectivity index (χ2n) is 4.70. The van der Waals surface area contributed by atoms with E-state index in [-0.39, 0.29) is 18.4 Å². The standard InChI is InChI=1S/C13H15BrN2O3/c14-9-3-1-8(2-4-9)5-12(17)16-7-10(15)6-11(16)13(18)19/h1-4,10-11H,5-7,15H2,(H,18,19). The highest BCUT2D eigenvalue weighted by Gasteiger charge is 2.37. The van der Waals surface area contributed by atoms with Crippen molar-refractivity contribution >= 4 is 27.8 Å². The Labute approximate surface area is 119 Å². The first-order valence-electron chi connectivity index (χ1n) is 5.99. The predicted octanol–water partition coefficient (Wildman–Crippen LogP) is 1.00. The van der Waals surface area contributed by atoms with Gasteiger partial charge in [-0.3, -0.25) is 4.79 Å². The number of likely N-dealkylation sites (tertiary alicyclic amines) is 1. The zero-order valence-corrected chi connectivity index (χ0v) is 11.8. The fraction of sp³-hybridized carbons (Fsp3) is 0.385. The monoisotopic (exact) mass is 326 g/mol. The van der Waals surface area contributed by atoms with Gasteiger partial charge in [0.05, 0.1) is 6.42 Å². The first-order chi connectivity index (χ1) is 8.97. The number of halogens is 1. The quantitative estimate of drug-likeness (QED) is 0.868. The van der Waals surface area contributed by atoms with Crippen molar-refractivity contribution in [3.8, 4) is 0 Å². The summed E-state index contributed by atoms with van der Waals surface area (Å²) >= 11 is 3.32. The van der Waals surface area contributed by atoms with Crippen LogP contribution in [0.15, 0.2) is 28.7 Å². The Bertz CT molecular complexity index is 489. The van der Waals surface area contributed by atoms with E-state index in [2.05, 4.69) is 15.9 Å². The average molecular weight is 327 g/mol.